The highest BCUT2D eigenvalue weighted by Crippen LogP contribution is 2.17. The summed E-state index contributed by atoms with van der Waals surface area (Å²) in [4.78, 5) is 0. The zero-order valence-electron chi connectivity index (χ0n) is 8.80. The highest BCUT2D eigenvalue weighted by Gasteiger charge is 2.05. The first-order valence-corrected chi connectivity index (χ1v) is 5.11. The lowest BCUT2D eigenvalue weighted by Crippen LogP contribution is -2.22. The Morgan fingerprint density at radius 1 is 1.06 bits per heavy atom. The standard InChI is InChI=1S/C12H13F2N.ClH/c13-11-2-1-10(8-12(11)14)7-9-3-5-15-6-4-9;/h1-2,7-8,15H,3-6H2;1H. The van der Waals surface area contributed by atoms with Crippen molar-refractivity contribution in [1.82, 2.24) is 5.32 Å². The van der Waals surface area contributed by atoms with E-state index in [0.29, 0.717) is 0 Å². The molecule has 88 valence electrons. The molecule has 1 saturated heterocycles. The van der Waals surface area contributed by atoms with Crippen LogP contribution in [0.25, 0.3) is 6.08 Å². The van der Waals surface area contributed by atoms with E-state index in [1.54, 1.807) is 6.07 Å². The molecule has 1 aliphatic rings. The van der Waals surface area contributed by atoms with E-state index in [1.807, 2.05) is 6.08 Å². The molecule has 0 atom stereocenters. The molecule has 1 aromatic carbocycles. The summed E-state index contributed by atoms with van der Waals surface area (Å²) >= 11 is 0. The fourth-order valence-electron chi connectivity index (χ4n) is 1.73. The van der Waals surface area contributed by atoms with Gasteiger partial charge < -0.3 is 5.32 Å². The van der Waals surface area contributed by atoms with Crippen LogP contribution in [0.4, 0.5) is 8.78 Å². The molecule has 0 saturated carbocycles. The summed E-state index contributed by atoms with van der Waals surface area (Å²) in [7, 11) is 0. The summed E-state index contributed by atoms with van der Waals surface area (Å²) in [6, 6.07) is 4.01. The van der Waals surface area contributed by atoms with Crippen LogP contribution in [-0.2, 0) is 0 Å². The minimum absolute atomic E-state index is 0. The van der Waals surface area contributed by atoms with E-state index >= 15 is 0 Å². The monoisotopic (exact) mass is 245 g/mol. The summed E-state index contributed by atoms with van der Waals surface area (Å²) in [5, 5.41) is 3.25. The van der Waals surface area contributed by atoms with Gasteiger partial charge in [-0.3, -0.25) is 0 Å². The normalized spacial score (nSPS) is 15.5. The minimum atomic E-state index is -0.789. The van der Waals surface area contributed by atoms with Crippen molar-refractivity contribution in [1.29, 1.82) is 0 Å². The summed E-state index contributed by atoms with van der Waals surface area (Å²) in [5.74, 6) is -1.57. The predicted molar refractivity (Wildman–Crippen MR) is 63.7 cm³/mol. The van der Waals surface area contributed by atoms with Gasteiger partial charge in [-0.25, -0.2) is 8.78 Å². The second kappa shape index (κ2) is 5.97. The molecule has 1 aliphatic heterocycles. The molecule has 16 heavy (non-hydrogen) atoms. The first-order valence-electron chi connectivity index (χ1n) is 5.11. The van der Waals surface area contributed by atoms with Gasteiger partial charge in [-0.05, 0) is 43.6 Å². The van der Waals surface area contributed by atoms with Crippen molar-refractivity contribution < 1.29 is 8.78 Å². The summed E-state index contributed by atoms with van der Waals surface area (Å²) in [6.45, 7) is 1.94. The minimum Gasteiger partial charge on any atom is -0.316 e. The molecule has 4 heteroatoms. The molecule has 1 heterocycles. The van der Waals surface area contributed by atoms with Crippen LogP contribution in [0.2, 0.25) is 0 Å². The smallest absolute Gasteiger partial charge is 0.159 e. The van der Waals surface area contributed by atoms with Crippen LogP contribution in [0.1, 0.15) is 18.4 Å². The van der Waals surface area contributed by atoms with Crippen molar-refractivity contribution in [3.63, 3.8) is 0 Å². The Morgan fingerprint density at radius 2 is 1.75 bits per heavy atom. The van der Waals surface area contributed by atoms with E-state index in [4.69, 9.17) is 0 Å². The van der Waals surface area contributed by atoms with Crippen LogP contribution in [0.15, 0.2) is 23.8 Å². The average Bonchev–Trinajstić information content (AvgIpc) is 2.25. The molecule has 1 aromatic rings. The molecule has 1 nitrogen and oxygen atoms in total. The number of benzene rings is 1. The lowest BCUT2D eigenvalue weighted by Gasteiger charge is -2.15. The lowest BCUT2D eigenvalue weighted by atomic mass is 10.0. The topological polar surface area (TPSA) is 12.0 Å². The third-order valence-corrected chi connectivity index (χ3v) is 2.56. The third-order valence-electron chi connectivity index (χ3n) is 2.56. The predicted octanol–water partition coefficient (Wildman–Crippen LogP) is 3.15. The molecule has 1 fully saturated rings. The number of hydrogen-bond donors (Lipinski definition) is 1. The van der Waals surface area contributed by atoms with Crippen molar-refractivity contribution in [2.45, 2.75) is 12.8 Å². The Morgan fingerprint density at radius 3 is 2.38 bits per heavy atom. The van der Waals surface area contributed by atoms with E-state index in [1.165, 1.54) is 17.7 Å². The Balaban J connectivity index is 0.00000128. The van der Waals surface area contributed by atoms with Gasteiger partial charge in [-0.2, -0.15) is 0 Å². The maximum Gasteiger partial charge on any atom is 0.159 e. The summed E-state index contributed by atoms with van der Waals surface area (Å²) < 4.78 is 25.6. The van der Waals surface area contributed by atoms with Crippen molar-refractivity contribution >= 4 is 18.5 Å². The second-order valence-corrected chi connectivity index (χ2v) is 3.73. The number of hydrogen-bond acceptors (Lipinski definition) is 1. The largest absolute Gasteiger partial charge is 0.316 e. The van der Waals surface area contributed by atoms with Crippen molar-refractivity contribution in [2.24, 2.45) is 0 Å². The SMILES string of the molecule is Cl.Fc1ccc(C=C2CCNCC2)cc1F. The summed E-state index contributed by atoms with van der Waals surface area (Å²) in [5.41, 5.74) is 2.03. The van der Waals surface area contributed by atoms with Gasteiger partial charge in [0.05, 0.1) is 0 Å². The average molecular weight is 246 g/mol. The van der Waals surface area contributed by atoms with Crippen molar-refractivity contribution in [3.8, 4) is 0 Å². The van der Waals surface area contributed by atoms with E-state index in [9.17, 15) is 8.78 Å². The van der Waals surface area contributed by atoms with Crippen LogP contribution in [-0.4, -0.2) is 13.1 Å². The summed E-state index contributed by atoms with van der Waals surface area (Å²) in [6.07, 6.45) is 3.92. The molecule has 0 aromatic heterocycles. The Hall–Kier alpha value is -0.930. The molecule has 0 aliphatic carbocycles. The van der Waals surface area contributed by atoms with Gasteiger partial charge in [0.25, 0.3) is 0 Å². The fraction of sp³-hybridized carbons (Fsp3) is 0.333. The van der Waals surface area contributed by atoms with Crippen LogP contribution >= 0.6 is 12.4 Å². The maximum atomic E-state index is 12.9. The van der Waals surface area contributed by atoms with Crippen LogP contribution in [0.3, 0.4) is 0 Å². The van der Waals surface area contributed by atoms with Crippen LogP contribution in [0, 0.1) is 11.6 Å². The van der Waals surface area contributed by atoms with Gasteiger partial charge in [0.15, 0.2) is 11.6 Å². The molecule has 0 amide bonds. The Bertz CT molecular complexity index is 383. The number of rotatable bonds is 1. The van der Waals surface area contributed by atoms with E-state index in [2.05, 4.69) is 5.32 Å². The zero-order chi connectivity index (χ0) is 10.7. The Kier molecular flexibility index (Phi) is 4.90. The van der Waals surface area contributed by atoms with Gasteiger partial charge >= 0.3 is 0 Å². The molecular formula is C12H14ClF2N. The van der Waals surface area contributed by atoms with Gasteiger partial charge in [-0.15, -0.1) is 12.4 Å². The van der Waals surface area contributed by atoms with E-state index in [-0.39, 0.29) is 12.4 Å². The highest BCUT2D eigenvalue weighted by atomic mass is 35.5. The fourth-order valence-corrected chi connectivity index (χ4v) is 1.73. The molecular weight excluding hydrogens is 232 g/mol. The van der Waals surface area contributed by atoms with E-state index < -0.39 is 11.6 Å². The van der Waals surface area contributed by atoms with E-state index in [0.717, 1.165) is 31.5 Å². The van der Waals surface area contributed by atoms with Gasteiger partial charge in [0.2, 0.25) is 0 Å². The first-order chi connectivity index (χ1) is 7.25. The number of nitrogens with one attached hydrogen (secondary N) is 1. The second-order valence-electron chi connectivity index (χ2n) is 3.73. The van der Waals surface area contributed by atoms with Gasteiger partial charge in [0, 0.05) is 0 Å². The quantitative estimate of drug-likeness (QED) is 0.802. The maximum absolute atomic E-state index is 12.9. The number of halogens is 3. The molecule has 0 bridgehead atoms. The third kappa shape index (κ3) is 3.29. The van der Waals surface area contributed by atoms with Gasteiger partial charge in [0.1, 0.15) is 0 Å². The Labute approximate surface area is 100.0 Å². The first kappa shape index (κ1) is 13.1. The molecule has 2 rings (SSSR count). The molecule has 0 unspecified atom stereocenters. The molecule has 1 N–H and O–H groups in total. The van der Waals surface area contributed by atoms with Gasteiger partial charge in [-0.1, -0.05) is 17.7 Å². The molecule has 0 spiro atoms. The number of piperidine rings is 1. The van der Waals surface area contributed by atoms with Crippen molar-refractivity contribution in [3.05, 3.63) is 41.0 Å². The van der Waals surface area contributed by atoms with Crippen LogP contribution in [0.5, 0.6) is 0 Å². The van der Waals surface area contributed by atoms with Crippen molar-refractivity contribution in [2.75, 3.05) is 13.1 Å². The highest BCUT2D eigenvalue weighted by molar-refractivity contribution is 5.85. The zero-order valence-corrected chi connectivity index (χ0v) is 9.62. The molecule has 0 radical (unpaired) electrons. The lowest BCUT2D eigenvalue weighted by molar-refractivity contribution is 0.508. The van der Waals surface area contributed by atoms with Crippen LogP contribution < -0.4 is 5.32 Å².